The van der Waals surface area contributed by atoms with Crippen molar-refractivity contribution in [1.82, 2.24) is 15.1 Å². The van der Waals surface area contributed by atoms with E-state index in [9.17, 15) is 9.18 Å². The second-order valence-corrected chi connectivity index (χ2v) is 6.19. The van der Waals surface area contributed by atoms with E-state index in [4.69, 9.17) is 4.74 Å². The number of hydrogen-bond donors (Lipinski definition) is 1. The highest BCUT2D eigenvalue weighted by Gasteiger charge is 2.50. The summed E-state index contributed by atoms with van der Waals surface area (Å²) in [6.45, 7) is 5.44. The molecule has 3 atom stereocenters. The molecule has 1 N–H and O–H groups in total. The Kier molecular flexibility index (Phi) is 2.59. The van der Waals surface area contributed by atoms with Gasteiger partial charge in [0, 0.05) is 5.56 Å². The van der Waals surface area contributed by atoms with Gasteiger partial charge < -0.3 is 4.74 Å². The third-order valence-corrected chi connectivity index (χ3v) is 3.71. The second kappa shape index (κ2) is 3.95. The number of rotatable bonds is 0. The molecular formula is C13H18FN3O2. The minimum absolute atomic E-state index is 0.111. The fourth-order valence-corrected chi connectivity index (χ4v) is 2.99. The van der Waals surface area contributed by atoms with Gasteiger partial charge in [0.05, 0.1) is 24.0 Å². The van der Waals surface area contributed by atoms with Gasteiger partial charge in [0.1, 0.15) is 5.60 Å². The first-order chi connectivity index (χ1) is 8.88. The summed E-state index contributed by atoms with van der Waals surface area (Å²) in [4.78, 5) is 13.8. The summed E-state index contributed by atoms with van der Waals surface area (Å²) >= 11 is 0. The Hall–Kier alpha value is -1.59. The van der Waals surface area contributed by atoms with Gasteiger partial charge in [-0.15, -0.1) is 0 Å². The van der Waals surface area contributed by atoms with Crippen LogP contribution in [0.15, 0.2) is 6.20 Å². The van der Waals surface area contributed by atoms with Crippen molar-refractivity contribution < 1.29 is 13.9 Å². The zero-order valence-corrected chi connectivity index (χ0v) is 11.3. The van der Waals surface area contributed by atoms with Crippen LogP contribution in [0.25, 0.3) is 0 Å². The highest BCUT2D eigenvalue weighted by atomic mass is 19.1. The lowest BCUT2D eigenvalue weighted by Gasteiger charge is -2.37. The van der Waals surface area contributed by atoms with E-state index in [1.165, 1.54) is 0 Å². The van der Waals surface area contributed by atoms with Gasteiger partial charge in [-0.2, -0.15) is 5.10 Å². The summed E-state index contributed by atoms with van der Waals surface area (Å²) in [7, 11) is 0. The number of alkyl halides is 1. The van der Waals surface area contributed by atoms with E-state index in [0.29, 0.717) is 12.1 Å². The quantitative estimate of drug-likeness (QED) is 0.786. The number of carbonyl (C=O) groups is 1. The standard InChI is InChI=1S/C13H18FN3O2/c1-13(2,3)19-12(18)17-8-4-5-9(17)10(14)11-7(8)6-15-16-11/h6,8-10H,4-5H2,1-3H3,(H,15,16)/t8-,9+,10-/m0/s1. The summed E-state index contributed by atoms with van der Waals surface area (Å²) in [5.74, 6) is 0. The number of halogens is 1. The zero-order chi connectivity index (χ0) is 13.8. The molecule has 1 aromatic heterocycles. The number of aromatic nitrogens is 2. The van der Waals surface area contributed by atoms with Crippen molar-refractivity contribution in [1.29, 1.82) is 0 Å². The molecule has 2 bridgehead atoms. The molecule has 104 valence electrons. The number of aromatic amines is 1. The third-order valence-electron chi connectivity index (χ3n) is 3.71. The number of hydrogen-bond acceptors (Lipinski definition) is 3. The average molecular weight is 267 g/mol. The molecule has 0 radical (unpaired) electrons. The molecule has 0 unspecified atom stereocenters. The maximum atomic E-state index is 14.4. The van der Waals surface area contributed by atoms with Crippen molar-refractivity contribution in [2.24, 2.45) is 0 Å². The van der Waals surface area contributed by atoms with Crippen molar-refractivity contribution in [2.45, 2.75) is 57.5 Å². The van der Waals surface area contributed by atoms with Gasteiger partial charge in [-0.25, -0.2) is 9.18 Å². The molecule has 1 saturated heterocycles. The number of amides is 1. The lowest BCUT2D eigenvalue weighted by atomic mass is 9.99. The topological polar surface area (TPSA) is 58.2 Å². The highest BCUT2D eigenvalue weighted by Crippen LogP contribution is 2.49. The molecule has 3 rings (SSSR count). The Morgan fingerprint density at radius 1 is 1.53 bits per heavy atom. The van der Waals surface area contributed by atoms with Crippen molar-refractivity contribution in [3.8, 4) is 0 Å². The molecule has 2 aliphatic rings. The summed E-state index contributed by atoms with van der Waals surface area (Å²) in [5.41, 5.74) is 0.735. The molecule has 6 heteroatoms. The van der Waals surface area contributed by atoms with Crippen LogP contribution in [0.3, 0.4) is 0 Å². The lowest BCUT2D eigenvalue weighted by Crippen LogP contribution is -2.45. The van der Waals surface area contributed by atoms with E-state index in [-0.39, 0.29) is 6.04 Å². The van der Waals surface area contributed by atoms with Gasteiger partial charge in [-0.1, -0.05) is 0 Å². The Morgan fingerprint density at radius 3 is 2.95 bits per heavy atom. The van der Waals surface area contributed by atoms with Gasteiger partial charge >= 0.3 is 6.09 Å². The molecule has 1 amide bonds. The van der Waals surface area contributed by atoms with Crippen LogP contribution < -0.4 is 0 Å². The van der Waals surface area contributed by atoms with Gasteiger partial charge in [0.2, 0.25) is 0 Å². The minimum Gasteiger partial charge on any atom is -0.444 e. The molecule has 19 heavy (non-hydrogen) atoms. The summed E-state index contributed by atoms with van der Waals surface area (Å²) in [6.07, 6.45) is 1.40. The Balaban J connectivity index is 1.91. The van der Waals surface area contributed by atoms with E-state index in [1.54, 1.807) is 11.1 Å². The van der Waals surface area contributed by atoms with Crippen molar-refractivity contribution in [3.05, 3.63) is 17.5 Å². The predicted octanol–water partition coefficient (Wildman–Crippen LogP) is 2.87. The fourth-order valence-electron chi connectivity index (χ4n) is 2.99. The molecule has 0 saturated carbocycles. The Morgan fingerprint density at radius 2 is 2.26 bits per heavy atom. The maximum absolute atomic E-state index is 14.4. The average Bonchev–Trinajstić information content (AvgIpc) is 2.89. The summed E-state index contributed by atoms with van der Waals surface area (Å²) < 4.78 is 19.8. The molecule has 1 aromatic rings. The lowest BCUT2D eigenvalue weighted by molar-refractivity contribution is 0.00107. The van der Waals surface area contributed by atoms with Crippen molar-refractivity contribution in [3.63, 3.8) is 0 Å². The van der Waals surface area contributed by atoms with Crippen LogP contribution in [-0.2, 0) is 4.74 Å². The molecule has 0 spiro atoms. The number of nitrogens with zero attached hydrogens (tertiary/aromatic N) is 2. The van der Waals surface area contributed by atoms with Gasteiger partial charge in [-0.3, -0.25) is 10.00 Å². The van der Waals surface area contributed by atoms with E-state index in [2.05, 4.69) is 10.2 Å². The Labute approximate surface area is 111 Å². The van der Waals surface area contributed by atoms with Crippen LogP contribution in [0.2, 0.25) is 0 Å². The van der Waals surface area contributed by atoms with E-state index >= 15 is 0 Å². The zero-order valence-electron chi connectivity index (χ0n) is 11.3. The van der Waals surface area contributed by atoms with Crippen molar-refractivity contribution >= 4 is 6.09 Å². The van der Waals surface area contributed by atoms with E-state index in [0.717, 1.165) is 12.0 Å². The first-order valence-electron chi connectivity index (χ1n) is 6.57. The van der Waals surface area contributed by atoms with Crippen LogP contribution in [-0.4, -0.2) is 32.8 Å². The fraction of sp³-hybridized carbons (Fsp3) is 0.692. The van der Waals surface area contributed by atoms with Crippen molar-refractivity contribution in [2.75, 3.05) is 0 Å². The van der Waals surface area contributed by atoms with E-state index in [1.807, 2.05) is 20.8 Å². The molecule has 0 aromatic carbocycles. The first-order valence-corrected chi connectivity index (χ1v) is 6.57. The SMILES string of the molecule is CC(C)(C)OC(=O)N1[C@@H]2CC[C@H]1c1cn[nH]c1[C@H]2F. The first kappa shape index (κ1) is 12.4. The number of fused-ring (bicyclic) bond motifs is 4. The van der Waals surface area contributed by atoms with Crippen LogP contribution >= 0.6 is 0 Å². The minimum atomic E-state index is -1.20. The largest absolute Gasteiger partial charge is 0.444 e. The molecular weight excluding hydrogens is 249 g/mol. The monoisotopic (exact) mass is 267 g/mol. The summed E-state index contributed by atoms with van der Waals surface area (Å²) in [6, 6.07) is -0.548. The highest BCUT2D eigenvalue weighted by molar-refractivity contribution is 5.70. The van der Waals surface area contributed by atoms with Crippen LogP contribution in [0, 0.1) is 0 Å². The number of ether oxygens (including phenoxy) is 1. The predicted molar refractivity (Wildman–Crippen MR) is 66.3 cm³/mol. The van der Waals surface area contributed by atoms with Crippen LogP contribution in [0.5, 0.6) is 0 Å². The molecule has 2 aliphatic heterocycles. The molecule has 0 aliphatic carbocycles. The number of H-pyrrole nitrogens is 1. The number of nitrogens with one attached hydrogen (secondary N) is 1. The third kappa shape index (κ3) is 1.89. The molecule has 1 fully saturated rings. The Bertz CT molecular complexity index is 508. The van der Waals surface area contributed by atoms with Crippen LogP contribution in [0.4, 0.5) is 9.18 Å². The molecule has 3 heterocycles. The maximum Gasteiger partial charge on any atom is 0.411 e. The normalized spacial score (nSPS) is 29.3. The van der Waals surface area contributed by atoms with Crippen LogP contribution in [0.1, 0.15) is 57.1 Å². The second-order valence-electron chi connectivity index (χ2n) is 6.19. The summed E-state index contributed by atoms with van der Waals surface area (Å²) in [5, 5.41) is 6.61. The molecule has 5 nitrogen and oxygen atoms in total. The smallest absolute Gasteiger partial charge is 0.411 e. The van der Waals surface area contributed by atoms with Gasteiger partial charge in [0.25, 0.3) is 0 Å². The van der Waals surface area contributed by atoms with E-state index < -0.39 is 23.9 Å². The van der Waals surface area contributed by atoms with Gasteiger partial charge in [-0.05, 0) is 33.6 Å². The van der Waals surface area contributed by atoms with Gasteiger partial charge in [0.15, 0.2) is 6.17 Å². The number of carbonyl (C=O) groups excluding carboxylic acids is 1.